The van der Waals surface area contributed by atoms with Crippen molar-refractivity contribution in [3.05, 3.63) is 0 Å². The summed E-state index contributed by atoms with van der Waals surface area (Å²) in [6, 6.07) is 0.480. The number of methoxy groups -OCH3 is 1. The zero-order valence-corrected chi connectivity index (χ0v) is 12.9. The summed E-state index contributed by atoms with van der Waals surface area (Å²) in [5.41, 5.74) is -0.633. The van der Waals surface area contributed by atoms with Crippen LogP contribution in [0.4, 0.5) is 0 Å². The predicted octanol–water partition coefficient (Wildman–Crippen LogP) is 2.04. The number of likely N-dealkylation sites (N-methyl/N-ethyl adjacent to an activating group) is 1. The number of rotatable bonds is 9. The molecule has 0 radical (unpaired) electrons. The number of nitrogens with one attached hydrogen (secondary N) is 1. The molecule has 0 aromatic rings. The second-order valence-corrected chi connectivity index (χ2v) is 5.15. The van der Waals surface area contributed by atoms with Crippen molar-refractivity contribution in [2.24, 2.45) is 0 Å². The van der Waals surface area contributed by atoms with Crippen molar-refractivity contribution in [1.29, 1.82) is 0 Å². The van der Waals surface area contributed by atoms with Gasteiger partial charge < -0.3 is 10.1 Å². The molecule has 4 nitrogen and oxygen atoms in total. The Morgan fingerprint density at radius 2 is 2.06 bits per heavy atom. The van der Waals surface area contributed by atoms with Crippen molar-refractivity contribution in [2.75, 3.05) is 27.2 Å². The fourth-order valence-corrected chi connectivity index (χ4v) is 1.95. The van der Waals surface area contributed by atoms with Gasteiger partial charge in [0.25, 0.3) is 0 Å². The van der Waals surface area contributed by atoms with E-state index in [4.69, 9.17) is 4.74 Å². The summed E-state index contributed by atoms with van der Waals surface area (Å²) in [5.74, 6) is -0.199. The third-order valence-corrected chi connectivity index (χ3v) is 3.72. The van der Waals surface area contributed by atoms with Gasteiger partial charge in [0.1, 0.15) is 5.54 Å². The smallest absolute Gasteiger partial charge is 0.327 e. The van der Waals surface area contributed by atoms with Crippen LogP contribution >= 0.6 is 0 Å². The van der Waals surface area contributed by atoms with Gasteiger partial charge in [-0.25, -0.2) is 0 Å². The summed E-state index contributed by atoms with van der Waals surface area (Å²) in [5, 5.41) is 3.10. The van der Waals surface area contributed by atoms with Crippen molar-refractivity contribution in [3.8, 4) is 0 Å². The molecule has 0 amide bonds. The minimum Gasteiger partial charge on any atom is -0.468 e. The Balaban J connectivity index is 4.75. The van der Waals surface area contributed by atoms with Crippen LogP contribution < -0.4 is 5.32 Å². The molecule has 18 heavy (non-hydrogen) atoms. The Hall–Kier alpha value is -0.610. The van der Waals surface area contributed by atoms with Crippen LogP contribution in [0.15, 0.2) is 0 Å². The van der Waals surface area contributed by atoms with Crippen molar-refractivity contribution in [1.82, 2.24) is 10.2 Å². The van der Waals surface area contributed by atoms with Crippen LogP contribution in [0.25, 0.3) is 0 Å². The second kappa shape index (κ2) is 8.48. The zero-order valence-electron chi connectivity index (χ0n) is 12.9. The van der Waals surface area contributed by atoms with E-state index in [2.05, 4.69) is 31.0 Å². The molecule has 0 aromatic carbocycles. The first kappa shape index (κ1) is 17.4. The van der Waals surface area contributed by atoms with Crippen LogP contribution in [0.2, 0.25) is 0 Å². The average molecular weight is 258 g/mol. The van der Waals surface area contributed by atoms with Gasteiger partial charge in [-0.05, 0) is 40.3 Å². The molecular formula is C14H30N2O2. The van der Waals surface area contributed by atoms with Gasteiger partial charge in [-0.1, -0.05) is 20.3 Å². The van der Waals surface area contributed by atoms with Gasteiger partial charge in [0.05, 0.1) is 7.11 Å². The van der Waals surface area contributed by atoms with E-state index < -0.39 is 5.54 Å². The first-order valence-corrected chi connectivity index (χ1v) is 6.96. The van der Waals surface area contributed by atoms with Gasteiger partial charge in [0.2, 0.25) is 0 Å². The lowest BCUT2D eigenvalue weighted by Crippen LogP contribution is -2.57. The van der Waals surface area contributed by atoms with Gasteiger partial charge in [-0.2, -0.15) is 0 Å². The molecule has 4 heteroatoms. The molecule has 0 heterocycles. The highest BCUT2D eigenvalue weighted by Crippen LogP contribution is 2.14. The molecule has 0 aliphatic carbocycles. The molecule has 0 fully saturated rings. The summed E-state index contributed by atoms with van der Waals surface area (Å²) in [7, 11) is 3.25. The number of carbonyl (C=O) groups is 1. The molecular weight excluding hydrogens is 228 g/mol. The maximum atomic E-state index is 11.9. The Morgan fingerprint density at radius 3 is 2.44 bits per heavy atom. The summed E-state index contributed by atoms with van der Waals surface area (Å²) in [6.45, 7) is 10.2. The number of hydrogen-bond donors (Lipinski definition) is 1. The van der Waals surface area contributed by atoms with Gasteiger partial charge >= 0.3 is 5.97 Å². The van der Waals surface area contributed by atoms with E-state index in [0.717, 1.165) is 19.4 Å². The number of carbonyl (C=O) groups excluding carboxylic acids is 1. The first-order chi connectivity index (χ1) is 8.45. The average Bonchev–Trinajstić information content (AvgIpc) is 2.41. The third-order valence-electron chi connectivity index (χ3n) is 3.72. The van der Waals surface area contributed by atoms with Crippen LogP contribution in [-0.2, 0) is 9.53 Å². The van der Waals surface area contributed by atoms with Gasteiger partial charge in [-0.15, -0.1) is 0 Å². The maximum Gasteiger partial charge on any atom is 0.327 e. The van der Waals surface area contributed by atoms with Crippen molar-refractivity contribution in [2.45, 2.75) is 58.5 Å². The largest absolute Gasteiger partial charge is 0.468 e. The van der Waals surface area contributed by atoms with Gasteiger partial charge in [0, 0.05) is 12.6 Å². The van der Waals surface area contributed by atoms with Crippen LogP contribution in [0.5, 0.6) is 0 Å². The van der Waals surface area contributed by atoms with E-state index in [9.17, 15) is 4.79 Å². The van der Waals surface area contributed by atoms with Crippen LogP contribution in [0, 0.1) is 0 Å². The lowest BCUT2D eigenvalue weighted by atomic mass is 10.0. The SMILES string of the molecule is CCCCN(CC(C)(NC)C(=O)OC)C(C)CC. The lowest BCUT2D eigenvalue weighted by molar-refractivity contribution is -0.148. The van der Waals surface area contributed by atoms with E-state index >= 15 is 0 Å². The summed E-state index contributed by atoms with van der Waals surface area (Å²) < 4.78 is 4.90. The van der Waals surface area contributed by atoms with E-state index in [1.807, 2.05) is 14.0 Å². The molecule has 1 N–H and O–H groups in total. The molecule has 0 aliphatic rings. The summed E-state index contributed by atoms with van der Waals surface area (Å²) >= 11 is 0. The van der Waals surface area contributed by atoms with E-state index in [1.165, 1.54) is 13.5 Å². The molecule has 0 aliphatic heterocycles. The molecule has 0 aromatic heterocycles. The predicted molar refractivity (Wildman–Crippen MR) is 75.7 cm³/mol. The highest BCUT2D eigenvalue weighted by molar-refractivity contribution is 5.80. The molecule has 2 atom stereocenters. The topological polar surface area (TPSA) is 41.6 Å². The number of unbranched alkanes of at least 4 members (excludes halogenated alkanes) is 1. The first-order valence-electron chi connectivity index (χ1n) is 6.96. The Morgan fingerprint density at radius 1 is 1.44 bits per heavy atom. The molecule has 2 unspecified atom stereocenters. The fourth-order valence-electron chi connectivity index (χ4n) is 1.95. The quantitative estimate of drug-likeness (QED) is 0.643. The van der Waals surface area contributed by atoms with Crippen LogP contribution in [-0.4, -0.2) is 49.7 Å². The van der Waals surface area contributed by atoms with Crippen LogP contribution in [0.1, 0.15) is 47.0 Å². The normalized spacial score (nSPS) is 16.4. The Bertz CT molecular complexity index is 246. The zero-order chi connectivity index (χ0) is 14.2. The summed E-state index contributed by atoms with van der Waals surface area (Å²) in [4.78, 5) is 14.2. The summed E-state index contributed by atoms with van der Waals surface area (Å²) in [6.07, 6.45) is 3.41. The van der Waals surface area contributed by atoms with Gasteiger partial charge in [0.15, 0.2) is 0 Å². The maximum absolute atomic E-state index is 11.9. The molecule has 0 bridgehead atoms. The molecule has 0 rings (SSSR count). The second-order valence-electron chi connectivity index (χ2n) is 5.15. The van der Waals surface area contributed by atoms with E-state index in [-0.39, 0.29) is 5.97 Å². The van der Waals surface area contributed by atoms with E-state index in [0.29, 0.717) is 12.6 Å². The molecule has 0 saturated carbocycles. The number of esters is 1. The van der Waals surface area contributed by atoms with Crippen molar-refractivity contribution >= 4 is 5.97 Å². The van der Waals surface area contributed by atoms with Crippen molar-refractivity contribution < 1.29 is 9.53 Å². The monoisotopic (exact) mass is 258 g/mol. The number of nitrogens with zero attached hydrogens (tertiary/aromatic N) is 1. The Kier molecular flexibility index (Phi) is 8.20. The highest BCUT2D eigenvalue weighted by atomic mass is 16.5. The Labute approximate surface area is 112 Å². The molecule has 108 valence electrons. The lowest BCUT2D eigenvalue weighted by Gasteiger charge is -2.36. The van der Waals surface area contributed by atoms with E-state index in [1.54, 1.807) is 0 Å². The van der Waals surface area contributed by atoms with Crippen LogP contribution in [0.3, 0.4) is 0 Å². The minimum absolute atomic E-state index is 0.199. The molecule has 0 saturated heterocycles. The number of ether oxygens (including phenoxy) is 1. The fraction of sp³-hybridized carbons (Fsp3) is 0.929. The van der Waals surface area contributed by atoms with Crippen molar-refractivity contribution in [3.63, 3.8) is 0 Å². The molecule has 0 spiro atoms. The minimum atomic E-state index is -0.633. The number of hydrogen-bond acceptors (Lipinski definition) is 4. The highest BCUT2D eigenvalue weighted by Gasteiger charge is 2.35. The third kappa shape index (κ3) is 4.94. The standard InChI is InChI=1S/C14H30N2O2/c1-7-9-10-16(12(3)8-2)11-14(4,15-5)13(17)18-6/h12,15H,7-11H2,1-6H3. The van der Waals surface area contributed by atoms with Gasteiger partial charge in [-0.3, -0.25) is 9.69 Å².